The lowest BCUT2D eigenvalue weighted by Crippen LogP contribution is -2.22. The molecule has 0 aliphatic carbocycles. The molecule has 12 heteroatoms. The van der Waals surface area contributed by atoms with Gasteiger partial charge in [-0.25, -0.2) is 4.99 Å². The molecule has 0 fully saturated rings. The number of ether oxygens (including phenoxy) is 1. The first-order valence-corrected chi connectivity index (χ1v) is 10.3. The Morgan fingerprint density at radius 1 is 1.09 bits per heavy atom. The van der Waals surface area contributed by atoms with Gasteiger partial charge in [0.15, 0.2) is 4.80 Å². The van der Waals surface area contributed by atoms with Crippen LogP contribution in [-0.2, 0) is 11.3 Å². The van der Waals surface area contributed by atoms with Crippen LogP contribution in [-0.4, -0.2) is 40.9 Å². The fraction of sp³-hybridized carbons (Fsp3) is 0.190. The molecule has 0 aliphatic heterocycles. The number of nitrogens with two attached hydrogens (primary N) is 2. The molecule has 0 bridgehead atoms. The number of halogens is 3. The third-order valence-corrected chi connectivity index (χ3v) is 5.32. The van der Waals surface area contributed by atoms with Gasteiger partial charge >= 0.3 is 6.18 Å². The number of nitrogens with zero attached hydrogens (tertiary/aromatic N) is 2. The highest BCUT2D eigenvalue weighted by Crippen LogP contribution is 2.27. The molecule has 0 atom stereocenters. The van der Waals surface area contributed by atoms with Crippen LogP contribution in [0.4, 0.5) is 18.9 Å². The monoisotopic (exact) mass is 480 g/mol. The number of benzene rings is 2. The second-order valence-corrected chi connectivity index (χ2v) is 7.68. The average Bonchev–Trinajstić information content (AvgIpc) is 3.13. The number of carbonyl (C=O) groups is 2. The van der Waals surface area contributed by atoms with Gasteiger partial charge in [0.25, 0.3) is 5.91 Å². The number of carbonyl (C=O) groups excluding carboxylic acids is 2. The lowest BCUT2D eigenvalue weighted by atomic mass is 10.1. The minimum absolute atomic E-state index is 0.0277. The normalized spacial score (nSPS) is 12.2. The summed E-state index contributed by atoms with van der Waals surface area (Å²) in [7, 11) is 0. The van der Waals surface area contributed by atoms with Crippen LogP contribution in [0.5, 0.6) is 5.75 Å². The van der Waals surface area contributed by atoms with Crippen LogP contribution < -0.4 is 16.3 Å². The first-order valence-electron chi connectivity index (χ1n) is 9.46. The Kier molecular flexibility index (Phi) is 7.19. The minimum atomic E-state index is -4.45. The molecule has 0 unspecified atom stereocenters. The van der Waals surface area contributed by atoms with Gasteiger partial charge < -0.3 is 25.9 Å². The average molecular weight is 480 g/mol. The van der Waals surface area contributed by atoms with Gasteiger partial charge in [0.1, 0.15) is 12.4 Å². The van der Waals surface area contributed by atoms with Crippen molar-refractivity contribution >= 4 is 28.8 Å². The molecule has 3 rings (SSSR count). The molecule has 2 amide bonds. The van der Waals surface area contributed by atoms with Gasteiger partial charge in [-0.3, -0.25) is 9.59 Å². The van der Waals surface area contributed by atoms with Crippen molar-refractivity contribution in [2.45, 2.75) is 12.7 Å². The van der Waals surface area contributed by atoms with Crippen molar-refractivity contribution in [3.8, 4) is 17.0 Å². The first kappa shape index (κ1) is 24.0. The van der Waals surface area contributed by atoms with Crippen molar-refractivity contribution in [2.24, 2.45) is 16.5 Å². The van der Waals surface area contributed by atoms with E-state index in [-0.39, 0.29) is 24.5 Å². The fourth-order valence-corrected chi connectivity index (χ4v) is 3.87. The van der Waals surface area contributed by atoms with Gasteiger partial charge in [-0.2, -0.15) is 13.2 Å². The number of aromatic nitrogens is 1. The number of alkyl halides is 3. The highest BCUT2D eigenvalue weighted by atomic mass is 32.1. The molecule has 1 heterocycles. The summed E-state index contributed by atoms with van der Waals surface area (Å²) in [6, 6.07) is 10.4. The van der Waals surface area contributed by atoms with Gasteiger partial charge in [-0.15, -0.1) is 11.3 Å². The zero-order valence-electron chi connectivity index (χ0n) is 17.0. The summed E-state index contributed by atoms with van der Waals surface area (Å²) < 4.78 is 43.7. The zero-order valence-corrected chi connectivity index (χ0v) is 17.8. The number of thiazole rings is 1. The van der Waals surface area contributed by atoms with E-state index in [4.69, 9.17) is 16.2 Å². The Bertz CT molecular complexity index is 1230. The van der Waals surface area contributed by atoms with E-state index in [1.807, 2.05) is 0 Å². The second kappa shape index (κ2) is 9.88. The predicted molar refractivity (Wildman–Crippen MR) is 115 cm³/mol. The summed E-state index contributed by atoms with van der Waals surface area (Å²) in [6.45, 7) is -1.61. The molecule has 2 aromatic carbocycles. The van der Waals surface area contributed by atoms with Gasteiger partial charge in [-0.1, -0.05) is 0 Å². The molecular formula is C21H19F3N4O4S. The molecule has 0 radical (unpaired) electrons. The Hall–Kier alpha value is -3.64. The topological polar surface area (TPSA) is 133 Å². The lowest BCUT2D eigenvalue weighted by Gasteiger charge is -2.12. The van der Waals surface area contributed by atoms with Crippen LogP contribution in [0.1, 0.15) is 20.7 Å². The van der Waals surface area contributed by atoms with E-state index in [1.54, 1.807) is 28.1 Å². The van der Waals surface area contributed by atoms with E-state index >= 15 is 0 Å². The number of aromatic hydroxyl groups is 1. The third-order valence-electron chi connectivity index (χ3n) is 4.46. The van der Waals surface area contributed by atoms with Gasteiger partial charge in [-0.05, 0) is 42.5 Å². The van der Waals surface area contributed by atoms with Crippen molar-refractivity contribution in [3.63, 3.8) is 0 Å². The van der Waals surface area contributed by atoms with E-state index in [1.165, 1.54) is 35.6 Å². The molecule has 0 saturated carbocycles. The SMILES string of the molecule is NC(=O)c1ccc(N=c2scc(-c3ccc(O)c(C(N)=O)c3)n2CCOCC(F)(F)F)cc1. The predicted octanol–water partition coefficient (Wildman–Crippen LogP) is 2.93. The van der Waals surface area contributed by atoms with Crippen LogP contribution in [0, 0.1) is 0 Å². The van der Waals surface area contributed by atoms with Crippen molar-refractivity contribution in [2.75, 3.05) is 13.2 Å². The van der Waals surface area contributed by atoms with Crippen molar-refractivity contribution in [1.82, 2.24) is 4.57 Å². The smallest absolute Gasteiger partial charge is 0.411 e. The second-order valence-electron chi connectivity index (χ2n) is 6.84. The number of rotatable bonds is 8. The maximum absolute atomic E-state index is 12.4. The van der Waals surface area contributed by atoms with Crippen LogP contribution >= 0.6 is 11.3 Å². The molecule has 0 aliphatic rings. The number of hydrogen-bond donors (Lipinski definition) is 3. The number of hydrogen-bond acceptors (Lipinski definition) is 6. The highest BCUT2D eigenvalue weighted by Gasteiger charge is 2.27. The van der Waals surface area contributed by atoms with E-state index in [0.717, 1.165) is 0 Å². The summed E-state index contributed by atoms with van der Waals surface area (Å²) in [5, 5.41) is 11.6. The Morgan fingerprint density at radius 3 is 2.39 bits per heavy atom. The minimum Gasteiger partial charge on any atom is -0.507 e. The number of primary amides is 2. The largest absolute Gasteiger partial charge is 0.507 e. The first-order chi connectivity index (χ1) is 15.5. The molecule has 33 heavy (non-hydrogen) atoms. The quantitative estimate of drug-likeness (QED) is 0.428. The van der Waals surface area contributed by atoms with Crippen molar-refractivity contribution < 1.29 is 32.6 Å². The van der Waals surface area contributed by atoms with Gasteiger partial charge in [0, 0.05) is 23.1 Å². The molecule has 0 spiro atoms. The standard InChI is InChI=1S/C21H19F3N4O4S/c22-21(23,24)11-32-8-7-28-16(13-3-6-17(29)15(9-13)19(26)31)10-33-20(28)27-14-4-1-12(2-5-14)18(25)30/h1-6,9-10,29H,7-8,11H2,(H2,25,30)(H2,26,31). The van der Waals surface area contributed by atoms with Crippen LogP contribution in [0.2, 0.25) is 0 Å². The summed E-state index contributed by atoms with van der Waals surface area (Å²) in [5.41, 5.74) is 12.3. The number of phenols is 1. The van der Waals surface area contributed by atoms with E-state index < -0.39 is 24.6 Å². The van der Waals surface area contributed by atoms with Crippen molar-refractivity contribution in [1.29, 1.82) is 0 Å². The zero-order chi connectivity index (χ0) is 24.2. The van der Waals surface area contributed by atoms with E-state index in [9.17, 15) is 27.9 Å². The fourth-order valence-electron chi connectivity index (χ4n) is 2.91. The summed E-state index contributed by atoms with van der Waals surface area (Å²) in [6.07, 6.45) is -4.45. The summed E-state index contributed by atoms with van der Waals surface area (Å²) >= 11 is 1.21. The molecule has 8 nitrogen and oxygen atoms in total. The highest BCUT2D eigenvalue weighted by molar-refractivity contribution is 7.07. The Balaban J connectivity index is 2.01. The van der Waals surface area contributed by atoms with Crippen LogP contribution in [0.15, 0.2) is 52.8 Å². The summed E-state index contributed by atoms with van der Waals surface area (Å²) in [4.78, 5) is 27.8. The van der Waals surface area contributed by atoms with Gasteiger partial charge in [0.2, 0.25) is 5.91 Å². The maximum atomic E-state index is 12.4. The molecule has 174 valence electrons. The van der Waals surface area contributed by atoms with Crippen LogP contribution in [0.25, 0.3) is 11.3 Å². The van der Waals surface area contributed by atoms with E-state index in [2.05, 4.69) is 4.99 Å². The third kappa shape index (κ3) is 6.20. The molecular weight excluding hydrogens is 461 g/mol. The number of amides is 2. The lowest BCUT2D eigenvalue weighted by molar-refractivity contribution is -0.174. The molecule has 3 aromatic rings. The van der Waals surface area contributed by atoms with Crippen LogP contribution in [0.3, 0.4) is 0 Å². The Morgan fingerprint density at radius 2 is 1.79 bits per heavy atom. The molecule has 0 saturated heterocycles. The maximum Gasteiger partial charge on any atom is 0.411 e. The van der Waals surface area contributed by atoms with Crippen molar-refractivity contribution in [3.05, 3.63) is 63.8 Å². The Labute approximate surface area is 189 Å². The van der Waals surface area contributed by atoms with E-state index in [0.29, 0.717) is 27.3 Å². The molecule has 5 N–H and O–H groups in total. The molecule has 1 aromatic heterocycles. The van der Waals surface area contributed by atoms with Gasteiger partial charge in [0.05, 0.1) is 23.6 Å². The summed E-state index contributed by atoms with van der Waals surface area (Å²) in [5.74, 6) is -1.71.